The fourth-order valence-corrected chi connectivity index (χ4v) is 2.20. The van der Waals surface area contributed by atoms with E-state index in [2.05, 4.69) is 33.9 Å². The molecule has 0 saturated heterocycles. The van der Waals surface area contributed by atoms with Gasteiger partial charge in [0.15, 0.2) is 8.32 Å². The molecule has 0 bridgehead atoms. The van der Waals surface area contributed by atoms with Crippen molar-refractivity contribution in [3.8, 4) is 0 Å². The molecule has 0 aromatic carbocycles. The first-order valence-electron chi connectivity index (χ1n) is 7.06. The van der Waals surface area contributed by atoms with Gasteiger partial charge >= 0.3 is 0 Å². The molecule has 2 heterocycles. The van der Waals surface area contributed by atoms with Gasteiger partial charge in [0.1, 0.15) is 18.1 Å². The molecule has 4 nitrogen and oxygen atoms in total. The van der Waals surface area contributed by atoms with Crippen LogP contribution in [0.15, 0.2) is 45.6 Å². The summed E-state index contributed by atoms with van der Waals surface area (Å²) in [6.45, 7) is 11.8. The van der Waals surface area contributed by atoms with Crippen molar-refractivity contribution >= 4 is 8.32 Å². The molecule has 21 heavy (non-hydrogen) atoms. The summed E-state index contributed by atoms with van der Waals surface area (Å²) in [5.41, 5.74) is 0. The molecule has 0 amide bonds. The molecule has 2 rings (SSSR count). The lowest BCUT2D eigenvalue weighted by Crippen LogP contribution is -2.40. The quantitative estimate of drug-likeness (QED) is 0.840. The van der Waals surface area contributed by atoms with Crippen molar-refractivity contribution in [2.75, 3.05) is 0 Å². The highest BCUT2D eigenvalue weighted by Gasteiger charge is 2.37. The van der Waals surface area contributed by atoms with Crippen LogP contribution < -0.4 is 0 Å². The van der Waals surface area contributed by atoms with E-state index in [9.17, 15) is 0 Å². The highest BCUT2D eigenvalue weighted by molar-refractivity contribution is 6.74. The van der Waals surface area contributed by atoms with Gasteiger partial charge in [0, 0.05) is 0 Å². The number of rotatable bonds is 4. The van der Waals surface area contributed by atoms with Gasteiger partial charge < -0.3 is 18.4 Å². The predicted molar refractivity (Wildman–Crippen MR) is 85.3 cm³/mol. The third kappa shape index (κ3) is 5.91. The highest BCUT2D eigenvalue weighted by Crippen LogP contribution is 2.36. The molecule has 0 atom stereocenters. The van der Waals surface area contributed by atoms with E-state index in [-0.39, 0.29) is 11.6 Å². The number of hydrogen-bond acceptors (Lipinski definition) is 4. The standard InChI is InChI=1S/C11H20O2Si.C5H6O2/c1-11(2,3)14(4,5)13-9-10-7-6-8-12-10;6-4-5-2-1-3-7-5/h6-8H,9H2,1-5H3;1-3,6H,4H2. The first-order valence-corrected chi connectivity index (χ1v) is 9.96. The second-order valence-corrected chi connectivity index (χ2v) is 11.2. The molecule has 1 N–H and O–H groups in total. The minimum atomic E-state index is -1.62. The van der Waals surface area contributed by atoms with Gasteiger partial charge in [0.25, 0.3) is 0 Å². The molecule has 0 fully saturated rings. The molecule has 118 valence electrons. The van der Waals surface area contributed by atoms with E-state index >= 15 is 0 Å². The summed E-state index contributed by atoms with van der Waals surface area (Å²) in [4.78, 5) is 0. The van der Waals surface area contributed by atoms with E-state index in [4.69, 9.17) is 18.4 Å². The Kier molecular flexibility index (Phi) is 6.45. The van der Waals surface area contributed by atoms with Gasteiger partial charge in [-0.3, -0.25) is 0 Å². The molecule has 5 heteroatoms. The Labute approximate surface area is 127 Å². The van der Waals surface area contributed by atoms with Crippen molar-refractivity contribution in [2.24, 2.45) is 0 Å². The van der Waals surface area contributed by atoms with Crippen LogP contribution in [0.2, 0.25) is 18.1 Å². The average Bonchev–Trinajstić information content (AvgIpc) is 3.09. The predicted octanol–water partition coefficient (Wildman–Crippen LogP) is 4.57. The van der Waals surface area contributed by atoms with E-state index in [1.165, 1.54) is 6.26 Å². The number of aliphatic hydroxyl groups is 1. The molecular weight excluding hydrogens is 284 g/mol. The summed E-state index contributed by atoms with van der Waals surface area (Å²) in [7, 11) is -1.62. The van der Waals surface area contributed by atoms with Crippen molar-refractivity contribution in [2.45, 2.75) is 52.1 Å². The van der Waals surface area contributed by atoms with Crippen LogP contribution in [-0.4, -0.2) is 13.4 Å². The first-order chi connectivity index (χ1) is 9.76. The molecule has 2 aromatic rings. The van der Waals surface area contributed by atoms with Crippen LogP contribution in [0.5, 0.6) is 0 Å². The fraction of sp³-hybridized carbons (Fsp3) is 0.500. The van der Waals surface area contributed by atoms with Crippen LogP contribution in [0.1, 0.15) is 32.3 Å². The minimum Gasteiger partial charge on any atom is -0.467 e. The van der Waals surface area contributed by atoms with Crippen molar-refractivity contribution in [3.63, 3.8) is 0 Å². The zero-order valence-corrected chi connectivity index (χ0v) is 14.6. The maximum atomic E-state index is 8.33. The van der Waals surface area contributed by atoms with Crippen LogP contribution in [0, 0.1) is 0 Å². The summed E-state index contributed by atoms with van der Waals surface area (Å²) >= 11 is 0. The van der Waals surface area contributed by atoms with E-state index in [0.717, 1.165) is 5.76 Å². The van der Waals surface area contributed by atoms with Gasteiger partial charge in [0.05, 0.1) is 19.1 Å². The summed E-state index contributed by atoms with van der Waals surface area (Å²) in [5, 5.41) is 8.60. The van der Waals surface area contributed by atoms with E-state index < -0.39 is 8.32 Å². The maximum absolute atomic E-state index is 8.33. The van der Waals surface area contributed by atoms with Gasteiger partial charge in [-0.2, -0.15) is 0 Å². The van der Waals surface area contributed by atoms with Crippen LogP contribution in [0.3, 0.4) is 0 Å². The van der Waals surface area contributed by atoms with Crippen LogP contribution in [0.25, 0.3) is 0 Å². The van der Waals surface area contributed by atoms with Gasteiger partial charge in [-0.1, -0.05) is 20.8 Å². The molecule has 0 saturated carbocycles. The molecule has 0 aliphatic heterocycles. The summed E-state index contributed by atoms with van der Waals surface area (Å²) in [6, 6.07) is 7.31. The van der Waals surface area contributed by atoms with Crippen LogP contribution >= 0.6 is 0 Å². The zero-order chi connectivity index (χ0) is 15.9. The lowest BCUT2D eigenvalue weighted by Gasteiger charge is -2.35. The summed E-state index contributed by atoms with van der Waals surface area (Å²) < 4.78 is 16.0. The third-order valence-electron chi connectivity index (χ3n) is 3.70. The monoisotopic (exact) mass is 310 g/mol. The molecule has 0 spiro atoms. The van der Waals surface area contributed by atoms with Crippen molar-refractivity contribution < 1.29 is 18.4 Å². The smallest absolute Gasteiger partial charge is 0.192 e. The SMILES string of the molecule is CC(C)(C)[Si](C)(C)OCc1ccco1.OCc1ccco1. The van der Waals surface area contributed by atoms with E-state index in [0.29, 0.717) is 12.4 Å². The number of furan rings is 2. The minimum absolute atomic E-state index is 0.00694. The van der Waals surface area contributed by atoms with Gasteiger partial charge in [-0.05, 0) is 42.4 Å². The van der Waals surface area contributed by atoms with Crippen LogP contribution in [-0.2, 0) is 17.6 Å². The average molecular weight is 310 g/mol. The third-order valence-corrected chi connectivity index (χ3v) is 8.18. The fourth-order valence-electron chi connectivity index (χ4n) is 1.27. The Morgan fingerprint density at radius 2 is 1.57 bits per heavy atom. The van der Waals surface area contributed by atoms with Gasteiger partial charge in [-0.15, -0.1) is 0 Å². The lowest BCUT2D eigenvalue weighted by atomic mass is 10.2. The molecule has 0 aliphatic carbocycles. The Hall–Kier alpha value is -1.30. The highest BCUT2D eigenvalue weighted by atomic mass is 28.4. The normalized spacial score (nSPS) is 11.9. The molecular formula is C16H26O4Si. The molecule has 2 aromatic heterocycles. The van der Waals surface area contributed by atoms with Crippen molar-refractivity contribution in [3.05, 3.63) is 48.3 Å². The second-order valence-electron chi connectivity index (χ2n) is 6.37. The molecule has 0 unspecified atom stereocenters. The first kappa shape index (κ1) is 17.7. The Morgan fingerprint density at radius 1 is 1.05 bits per heavy atom. The van der Waals surface area contributed by atoms with Gasteiger partial charge in [0.2, 0.25) is 0 Å². The maximum Gasteiger partial charge on any atom is 0.192 e. The van der Waals surface area contributed by atoms with E-state index in [1.807, 2.05) is 12.1 Å². The van der Waals surface area contributed by atoms with Crippen molar-refractivity contribution in [1.82, 2.24) is 0 Å². The van der Waals surface area contributed by atoms with Crippen LogP contribution in [0.4, 0.5) is 0 Å². The largest absolute Gasteiger partial charge is 0.467 e. The molecule has 0 aliphatic rings. The Morgan fingerprint density at radius 3 is 1.90 bits per heavy atom. The number of aliphatic hydroxyl groups excluding tert-OH is 1. The van der Waals surface area contributed by atoms with Crippen molar-refractivity contribution in [1.29, 1.82) is 0 Å². The van der Waals surface area contributed by atoms with Gasteiger partial charge in [-0.25, -0.2) is 0 Å². The molecule has 0 radical (unpaired) electrons. The summed E-state index contributed by atoms with van der Waals surface area (Å²) in [6.07, 6.45) is 3.22. The topological polar surface area (TPSA) is 55.7 Å². The lowest BCUT2D eigenvalue weighted by molar-refractivity contribution is 0.246. The zero-order valence-electron chi connectivity index (χ0n) is 13.6. The number of hydrogen-bond donors (Lipinski definition) is 1. The Bertz CT molecular complexity index is 481. The summed E-state index contributed by atoms with van der Waals surface area (Å²) in [5.74, 6) is 1.52. The second kappa shape index (κ2) is 7.63. The van der Waals surface area contributed by atoms with E-state index in [1.54, 1.807) is 18.4 Å². The Balaban J connectivity index is 0.000000262.